The molecule has 5 nitrogen and oxygen atoms in total. The highest BCUT2D eigenvalue weighted by molar-refractivity contribution is 6.28. The Kier molecular flexibility index (Phi) is 5.01. The van der Waals surface area contributed by atoms with Gasteiger partial charge in [-0.1, -0.05) is 32.0 Å². The van der Waals surface area contributed by atoms with Crippen LogP contribution >= 0.6 is 0 Å². The third-order valence-electron chi connectivity index (χ3n) is 5.37. The molecule has 0 radical (unpaired) electrons. The third-order valence-corrected chi connectivity index (χ3v) is 5.37. The molecule has 4 rings (SSSR count). The van der Waals surface area contributed by atoms with Crippen LogP contribution in [0.5, 0.6) is 11.6 Å². The van der Waals surface area contributed by atoms with E-state index in [1.165, 1.54) is 0 Å². The minimum atomic E-state index is -0.00362. The average Bonchev–Trinajstić information content (AvgIpc) is 3.04. The SMILES string of the molecule is CCN(CC)CCOc1nc2ccccc2c2c1-c1ccc(OC)cc1C2=O. The molecule has 1 aromatic heterocycles. The number of likely N-dealkylation sites (N-methyl/N-ethyl adjacent to an activating group) is 1. The van der Waals surface area contributed by atoms with Gasteiger partial charge in [-0.15, -0.1) is 0 Å². The fourth-order valence-electron chi connectivity index (χ4n) is 3.78. The summed E-state index contributed by atoms with van der Waals surface area (Å²) in [4.78, 5) is 20.3. The molecule has 2 aromatic carbocycles. The van der Waals surface area contributed by atoms with E-state index in [1.807, 2.05) is 36.4 Å². The second-order valence-electron chi connectivity index (χ2n) is 6.80. The van der Waals surface area contributed by atoms with Crippen molar-refractivity contribution in [1.82, 2.24) is 9.88 Å². The van der Waals surface area contributed by atoms with Crippen LogP contribution < -0.4 is 9.47 Å². The maximum atomic E-state index is 13.2. The zero-order chi connectivity index (χ0) is 19.7. The summed E-state index contributed by atoms with van der Waals surface area (Å²) in [6.45, 7) is 7.57. The molecule has 0 bridgehead atoms. The van der Waals surface area contributed by atoms with E-state index < -0.39 is 0 Å². The van der Waals surface area contributed by atoms with Gasteiger partial charge in [0.2, 0.25) is 5.88 Å². The Balaban J connectivity index is 1.82. The third kappa shape index (κ3) is 3.02. The summed E-state index contributed by atoms with van der Waals surface area (Å²) >= 11 is 0. The summed E-state index contributed by atoms with van der Waals surface area (Å²) in [5, 5.41) is 0.855. The van der Waals surface area contributed by atoms with Crippen molar-refractivity contribution in [3.05, 3.63) is 53.6 Å². The number of benzene rings is 2. The van der Waals surface area contributed by atoms with Gasteiger partial charge in [0.1, 0.15) is 12.4 Å². The molecule has 0 spiro atoms. The van der Waals surface area contributed by atoms with Gasteiger partial charge in [0, 0.05) is 23.1 Å². The highest BCUT2D eigenvalue weighted by Gasteiger charge is 2.33. The molecule has 0 fully saturated rings. The number of ether oxygens (including phenoxy) is 2. The fourth-order valence-corrected chi connectivity index (χ4v) is 3.78. The van der Waals surface area contributed by atoms with E-state index in [0.717, 1.165) is 41.7 Å². The van der Waals surface area contributed by atoms with Crippen LogP contribution in [-0.4, -0.2) is 49.0 Å². The Hall–Kier alpha value is -2.92. The Labute approximate surface area is 164 Å². The lowest BCUT2D eigenvalue weighted by Crippen LogP contribution is -2.28. The van der Waals surface area contributed by atoms with Gasteiger partial charge in [-0.25, -0.2) is 4.98 Å². The van der Waals surface area contributed by atoms with Gasteiger partial charge in [0.05, 0.1) is 18.2 Å². The molecule has 0 saturated carbocycles. The number of rotatable bonds is 7. The van der Waals surface area contributed by atoms with Crippen LogP contribution in [-0.2, 0) is 0 Å². The predicted molar refractivity (Wildman–Crippen MR) is 110 cm³/mol. The molecule has 0 atom stereocenters. The van der Waals surface area contributed by atoms with E-state index in [2.05, 4.69) is 18.7 Å². The summed E-state index contributed by atoms with van der Waals surface area (Å²) in [5.74, 6) is 1.19. The number of ketones is 1. The van der Waals surface area contributed by atoms with E-state index in [9.17, 15) is 4.79 Å². The summed E-state index contributed by atoms with van der Waals surface area (Å²) in [6.07, 6.45) is 0. The Bertz CT molecular complexity index is 1040. The van der Waals surface area contributed by atoms with Crippen LogP contribution in [0.15, 0.2) is 42.5 Å². The minimum absolute atomic E-state index is 0.00362. The molecule has 1 aliphatic carbocycles. The Morgan fingerprint density at radius 3 is 2.54 bits per heavy atom. The maximum Gasteiger partial charge on any atom is 0.222 e. The number of fused-ring (bicyclic) bond motifs is 5. The van der Waals surface area contributed by atoms with Crippen molar-refractivity contribution in [1.29, 1.82) is 0 Å². The van der Waals surface area contributed by atoms with Crippen molar-refractivity contribution in [2.24, 2.45) is 0 Å². The predicted octanol–water partition coefficient (Wildman–Crippen LogP) is 4.18. The van der Waals surface area contributed by atoms with Crippen molar-refractivity contribution in [3.63, 3.8) is 0 Å². The number of methoxy groups -OCH3 is 1. The van der Waals surface area contributed by atoms with Gasteiger partial charge in [0.15, 0.2) is 5.78 Å². The van der Waals surface area contributed by atoms with Crippen LogP contribution in [0.2, 0.25) is 0 Å². The van der Waals surface area contributed by atoms with Crippen molar-refractivity contribution in [2.75, 3.05) is 33.4 Å². The van der Waals surface area contributed by atoms with Crippen molar-refractivity contribution < 1.29 is 14.3 Å². The zero-order valence-corrected chi connectivity index (χ0v) is 16.5. The molecule has 0 unspecified atom stereocenters. The molecular weight excluding hydrogens is 352 g/mol. The summed E-state index contributed by atoms with van der Waals surface area (Å²) < 4.78 is 11.4. The van der Waals surface area contributed by atoms with Gasteiger partial charge in [-0.05, 0) is 42.9 Å². The molecule has 0 N–H and O–H groups in total. The van der Waals surface area contributed by atoms with Crippen LogP contribution in [0, 0.1) is 0 Å². The monoisotopic (exact) mass is 376 g/mol. The summed E-state index contributed by atoms with van der Waals surface area (Å²) in [6, 6.07) is 13.3. The van der Waals surface area contributed by atoms with E-state index in [-0.39, 0.29) is 5.78 Å². The fraction of sp³-hybridized carbons (Fsp3) is 0.304. The van der Waals surface area contributed by atoms with Crippen molar-refractivity contribution >= 4 is 16.7 Å². The second-order valence-corrected chi connectivity index (χ2v) is 6.80. The molecule has 0 saturated heterocycles. The standard InChI is InChI=1S/C23H24N2O3/c1-4-25(5-2)12-13-28-23-21-16-11-10-15(27-3)14-18(16)22(26)20(21)17-8-6-7-9-19(17)24-23/h6-11,14H,4-5,12-13H2,1-3H3. The molecule has 1 aliphatic rings. The lowest BCUT2D eigenvalue weighted by Gasteiger charge is -2.19. The van der Waals surface area contributed by atoms with Crippen molar-refractivity contribution in [2.45, 2.75) is 13.8 Å². The van der Waals surface area contributed by atoms with E-state index in [1.54, 1.807) is 13.2 Å². The van der Waals surface area contributed by atoms with Gasteiger partial charge in [-0.2, -0.15) is 0 Å². The van der Waals surface area contributed by atoms with E-state index in [4.69, 9.17) is 14.5 Å². The number of aromatic nitrogens is 1. The number of hydrogen-bond acceptors (Lipinski definition) is 5. The number of para-hydroxylation sites is 1. The summed E-state index contributed by atoms with van der Waals surface area (Å²) in [5.41, 5.74) is 3.73. The number of carbonyl (C=O) groups excluding carboxylic acids is 1. The highest BCUT2D eigenvalue weighted by Crippen LogP contribution is 2.45. The maximum absolute atomic E-state index is 13.2. The van der Waals surface area contributed by atoms with Gasteiger partial charge >= 0.3 is 0 Å². The summed E-state index contributed by atoms with van der Waals surface area (Å²) in [7, 11) is 1.60. The lowest BCUT2D eigenvalue weighted by molar-refractivity contribution is 0.104. The zero-order valence-electron chi connectivity index (χ0n) is 16.5. The molecule has 3 aromatic rings. The number of carbonyl (C=O) groups is 1. The van der Waals surface area contributed by atoms with E-state index >= 15 is 0 Å². The van der Waals surface area contributed by atoms with Crippen LogP contribution in [0.25, 0.3) is 22.0 Å². The Morgan fingerprint density at radius 2 is 1.79 bits per heavy atom. The molecule has 5 heteroatoms. The second kappa shape index (κ2) is 7.60. The van der Waals surface area contributed by atoms with Gasteiger partial charge in [0.25, 0.3) is 0 Å². The largest absolute Gasteiger partial charge is 0.497 e. The minimum Gasteiger partial charge on any atom is -0.497 e. The first kappa shape index (κ1) is 18.4. The van der Waals surface area contributed by atoms with Gasteiger partial charge in [-0.3, -0.25) is 4.79 Å². The molecule has 28 heavy (non-hydrogen) atoms. The van der Waals surface area contributed by atoms with Crippen LogP contribution in [0.1, 0.15) is 29.8 Å². The topological polar surface area (TPSA) is 51.7 Å². The number of pyridine rings is 1. The van der Waals surface area contributed by atoms with Gasteiger partial charge < -0.3 is 14.4 Å². The lowest BCUT2D eigenvalue weighted by atomic mass is 10.0. The molecular formula is C23H24N2O3. The molecule has 144 valence electrons. The molecule has 0 amide bonds. The highest BCUT2D eigenvalue weighted by atomic mass is 16.5. The molecule has 0 aliphatic heterocycles. The van der Waals surface area contributed by atoms with E-state index in [0.29, 0.717) is 29.4 Å². The van der Waals surface area contributed by atoms with Crippen LogP contribution in [0.3, 0.4) is 0 Å². The van der Waals surface area contributed by atoms with Crippen LogP contribution in [0.4, 0.5) is 0 Å². The smallest absolute Gasteiger partial charge is 0.222 e. The molecule has 1 heterocycles. The van der Waals surface area contributed by atoms with Crippen molar-refractivity contribution in [3.8, 4) is 22.8 Å². The first-order valence-electron chi connectivity index (χ1n) is 9.68. The first-order valence-corrected chi connectivity index (χ1v) is 9.68. The number of nitrogens with zero attached hydrogens (tertiary/aromatic N) is 2. The number of hydrogen-bond donors (Lipinski definition) is 0. The quantitative estimate of drug-likeness (QED) is 0.484. The first-order chi connectivity index (χ1) is 13.7. The Morgan fingerprint density at radius 1 is 1.00 bits per heavy atom. The normalized spacial score (nSPS) is 12.4. The average molecular weight is 376 g/mol.